The lowest BCUT2D eigenvalue weighted by molar-refractivity contribution is -0.141. The maximum absolute atomic E-state index is 12.5. The van der Waals surface area contributed by atoms with Crippen molar-refractivity contribution in [3.63, 3.8) is 0 Å². The van der Waals surface area contributed by atoms with Crippen LogP contribution < -0.4 is 15.7 Å². The maximum Gasteiger partial charge on any atom is 0.340 e. The Bertz CT molecular complexity index is 1150. The van der Waals surface area contributed by atoms with Crippen molar-refractivity contribution in [3.05, 3.63) is 74.6 Å². The molecule has 0 aliphatic rings. The molecule has 0 bridgehead atoms. The quantitative estimate of drug-likeness (QED) is 0.559. The van der Waals surface area contributed by atoms with Gasteiger partial charge in [0.1, 0.15) is 17.4 Å². The zero-order valence-electron chi connectivity index (χ0n) is 16.4. The molecule has 0 unspecified atom stereocenters. The molecular weight excluding hydrogens is 410 g/mol. The summed E-state index contributed by atoms with van der Waals surface area (Å²) in [5, 5.41) is 13.2. The number of aliphatic carboxylic acids is 1. The maximum atomic E-state index is 12.5. The normalized spacial score (nSPS) is 11.8. The van der Waals surface area contributed by atoms with Crippen LogP contribution in [0.5, 0.6) is 5.75 Å². The Balaban J connectivity index is 1.80. The summed E-state index contributed by atoms with van der Waals surface area (Å²) in [5.41, 5.74) is 1.20. The molecule has 1 amide bonds. The number of carbonyl (C=O) groups is 2. The van der Waals surface area contributed by atoms with Crippen molar-refractivity contribution < 1.29 is 23.8 Å². The third kappa shape index (κ3) is 4.80. The SMILES string of the molecule is COc1ccc2c(C)c(CC(=O)N[C@H](Cc3ccc(Cl)cc3)C(=O)O)c(=O)oc2c1. The standard InChI is InChI=1S/C22H20ClNO6/c1-12-16-8-7-15(29-2)10-19(16)30-22(28)17(12)11-20(25)24-18(21(26)27)9-13-3-5-14(23)6-4-13/h3-8,10,18H,9,11H2,1-2H3,(H,24,25)(H,26,27)/t18-/m1/s1. The van der Waals surface area contributed by atoms with Gasteiger partial charge in [0.2, 0.25) is 5.91 Å². The second-order valence-electron chi connectivity index (χ2n) is 6.82. The van der Waals surface area contributed by atoms with Gasteiger partial charge in [-0.15, -0.1) is 0 Å². The van der Waals surface area contributed by atoms with Gasteiger partial charge in [0.05, 0.1) is 19.1 Å². The number of fused-ring (bicyclic) bond motifs is 1. The number of ether oxygens (including phenoxy) is 1. The van der Waals surface area contributed by atoms with Crippen molar-refractivity contribution in [2.45, 2.75) is 25.8 Å². The second-order valence-corrected chi connectivity index (χ2v) is 7.26. The van der Waals surface area contributed by atoms with Gasteiger partial charge in [0, 0.05) is 22.9 Å². The minimum absolute atomic E-state index is 0.0867. The molecule has 0 radical (unpaired) electrons. The molecule has 1 aromatic heterocycles. The number of methoxy groups -OCH3 is 1. The molecule has 1 atom stereocenters. The van der Waals surface area contributed by atoms with Crippen LogP contribution in [0.4, 0.5) is 0 Å². The Labute approximate surface area is 177 Å². The van der Waals surface area contributed by atoms with E-state index in [9.17, 15) is 19.5 Å². The second kappa shape index (κ2) is 9.00. The lowest BCUT2D eigenvalue weighted by Crippen LogP contribution is -2.43. The minimum Gasteiger partial charge on any atom is -0.497 e. The molecule has 8 heteroatoms. The van der Waals surface area contributed by atoms with Crippen molar-refractivity contribution in [2.24, 2.45) is 0 Å². The molecule has 2 N–H and O–H groups in total. The predicted molar refractivity (Wildman–Crippen MR) is 112 cm³/mol. The summed E-state index contributed by atoms with van der Waals surface area (Å²) in [6.07, 6.45) is -0.204. The van der Waals surface area contributed by atoms with E-state index in [2.05, 4.69) is 5.32 Å². The fraction of sp³-hybridized carbons (Fsp3) is 0.227. The highest BCUT2D eigenvalue weighted by Crippen LogP contribution is 2.24. The molecule has 2 aromatic carbocycles. The van der Waals surface area contributed by atoms with Gasteiger partial charge >= 0.3 is 11.6 Å². The number of carboxylic acids is 1. The number of nitrogens with one attached hydrogen (secondary N) is 1. The minimum atomic E-state index is -1.17. The molecule has 0 spiro atoms. The lowest BCUT2D eigenvalue weighted by Gasteiger charge is -2.15. The summed E-state index contributed by atoms with van der Waals surface area (Å²) in [7, 11) is 1.51. The Morgan fingerprint density at radius 3 is 2.53 bits per heavy atom. The highest BCUT2D eigenvalue weighted by molar-refractivity contribution is 6.30. The van der Waals surface area contributed by atoms with Crippen LogP contribution >= 0.6 is 11.6 Å². The molecule has 0 fully saturated rings. The fourth-order valence-electron chi connectivity index (χ4n) is 3.17. The zero-order valence-corrected chi connectivity index (χ0v) is 17.2. The summed E-state index contributed by atoms with van der Waals surface area (Å²) >= 11 is 5.84. The van der Waals surface area contributed by atoms with Crippen molar-refractivity contribution in [1.29, 1.82) is 0 Å². The number of aryl methyl sites for hydroxylation is 1. The molecular formula is C22H20ClNO6. The Hall–Kier alpha value is -3.32. The van der Waals surface area contributed by atoms with Crippen LogP contribution in [0.3, 0.4) is 0 Å². The smallest absolute Gasteiger partial charge is 0.340 e. The van der Waals surface area contributed by atoms with Gasteiger partial charge in [-0.25, -0.2) is 9.59 Å². The molecule has 0 aliphatic heterocycles. The monoisotopic (exact) mass is 429 g/mol. The van der Waals surface area contributed by atoms with Crippen LogP contribution in [-0.4, -0.2) is 30.1 Å². The molecule has 3 rings (SSSR count). The summed E-state index contributed by atoms with van der Waals surface area (Å²) in [4.78, 5) is 36.5. The van der Waals surface area contributed by atoms with E-state index >= 15 is 0 Å². The first-order valence-corrected chi connectivity index (χ1v) is 9.53. The molecule has 3 aromatic rings. The molecule has 0 aliphatic carbocycles. The van der Waals surface area contributed by atoms with Crippen molar-refractivity contribution in [1.82, 2.24) is 5.32 Å². The van der Waals surface area contributed by atoms with Gasteiger partial charge < -0.3 is 19.6 Å². The number of amides is 1. The van der Waals surface area contributed by atoms with E-state index in [0.717, 1.165) is 0 Å². The fourth-order valence-corrected chi connectivity index (χ4v) is 3.29. The van der Waals surface area contributed by atoms with Crippen LogP contribution in [-0.2, 0) is 22.4 Å². The molecule has 30 heavy (non-hydrogen) atoms. The molecule has 7 nitrogen and oxygen atoms in total. The first-order valence-electron chi connectivity index (χ1n) is 9.15. The van der Waals surface area contributed by atoms with Crippen molar-refractivity contribution in [3.8, 4) is 5.75 Å². The zero-order chi connectivity index (χ0) is 21.8. The van der Waals surface area contributed by atoms with Gasteiger partial charge in [0.15, 0.2) is 0 Å². The predicted octanol–water partition coefficient (Wildman–Crippen LogP) is 3.12. The van der Waals surface area contributed by atoms with E-state index in [1.807, 2.05) is 0 Å². The number of benzene rings is 2. The largest absolute Gasteiger partial charge is 0.497 e. The van der Waals surface area contributed by atoms with Gasteiger partial charge in [-0.05, 0) is 42.3 Å². The first kappa shape index (κ1) is 21.4. The summed E-state index contributed by atoms with van der Waals surface area (Å²) in [5.74, 6) is -1.21. The Morgan fingerprint density at radius 1 is 1.20 bits per heavy atom. The highest BCUT2D eigenvalue weighted by Gasteiger charge is 2.22. The van der Waals surface area contributed by atoms with E-state index in [1.165, 1.54) is 7.11 Å². The summed E-state index contributed by atoms with van der Waals surface area (Å²) < 4.78 is 10.5. The van der Waals surface area contributed by atoms with Crippen LogP contribution in [0.1, 0.15) is 16.7 Å². The summed E-state index contributed by atoms with van der Waals surface area (Å²) in [6.45, 7) is 1.72. The number of hydrogen-bond donors (Lipinski definition) is 2. The van der Waals surface area contributed by atoms with E-state index in [0.29, 0.717) is 32.9 Å². The van der Waals surface area contributed by atoms with E-state index < -0.39 is 23.5 Å². The van der Waals surface area contributed by atoms with Gasteiger partial charge in [-0.2, -0.15) is 0 Å². The van der Waals surface area contributed by atoms with Crippen molar-refractivity contribution >= 4 is 34.4 Å². The topological polar surface area (TPSA) is 106 Å². The van der Waals surface area contributed by atoms with E-state index in [-0.39, 0.29) is 18.4 Å². The first-order chi connectivity index (χ1) is 14.3. The van der Waals surface area contributed by atoms with Crippen LogP contribution in [0.2, 0.25) is 5.02 Å². The number of carbonyl (C=O) groups excluding carboxylic acids is 1. The molecule has 156 valence electrons. The number of halogens is 1. The molecule has 0 saturated heterocycles. The van der Waals surface area contributed by atoms with Gasteiger partial charge in [-0.3, -0.25) is 4.79 Å². The lowest BCUT2D eigenvalue weighted by atomic mass is 10.0. The summed E-state index contributed by atoms with van der Waals surface area (Å²) in [6, 6.07) is 10.6. The van der Waals surface area contributed by atoms with Gasteiger partial charge in [-0.1, -0.05) is 23.7 Å². The third-order valence-corrected chi connectivity index (χ3v) is 5.07. The van der Waals surface area contributed by atoms with Crippen LogP contribution in [0.15, 0.2) is 51.7 Å². The van der Waals surface area contributed by atoms with Crippen LogP contribution in [0.25, 0.3) is 11.0 Å². The third-order valence-electron chi connectivity index (χ3n) is 4.82. The highest BCUT2D eigenvalue weighted by atomic mass is 35.5. The molecule has 1 heterocycles. The number of rotatable bonds is 7. The Kier molecular flexibility index (Phi) is 6.42. The van der Waals surface area contributed by atoms with Gasteiger partial charge in [0.25, 0.3) is 0 Å². The number of carboxylic acid groups (broad SMARTS) is 1. The Morgan fingerprint density at radius 2 is 1.90 bits per heavy atom. The van der Waals surface area contributed by atoms with Crippen molar-refractivity contribution in [2.75, 3.05) is 7.11 Å². The number of hydrogen-bond acceptors (Lipinski definition) is 5. The molecule has 0 saturated carbocycles. The average Bonchev–Trinajstić information content (AvgIpc) is 2.71. The average molecular weight is 430 g/mol. The van der Waals surface area contributed by atoms with E-state index in [4.69, 9.17) is 20.8 Å². The van der Waals surface area contributed by atoms with Crippen LogP contribution in [0, 0.1) is 6.92 Å². The van der Waals surface area contributed by atoms with E-state index in [1.54, 1.807) is 49.4 Å².